The number of nitrogens with zero attached hydrogens (tertiary/aromatic N) is 2. The molecule has 2 amide bonds. The number of rotatable bonds is 3. The summed E-state index contributed by atoms with van der Waals surface area (Å²) in [6.45, 7) is 1.75. The van der Waals surface area contributed by atoms with E-state index in [1.165, 1.54) is 0 Å². The van der Waals surface area contributed by atoms with Crippen LogP contribution in [0.2, 0.25) is 0 Å². The van der Waals surface area contributed by atoms with Gasteiger partial charge in [-0.2, -0.15) is 0 Å². The molecule has 1 N–H and O–H groups in total. The fraction of sp³-hybridized carbons (Fsp3) is 0.312. The molecule has 1 heterocycles. The summed E-state index contributed by atoms with van der Waals surface area (Å²) in [6.07, 6.45) is -0.643. The first-order valence-electron chi connectivity index (χ1n) is 6.82. The summed E-state index contributed by atoms with van der Waals surface area (Å²) in [5.41, 5.74) is 0.853. The zero-order chi connectivity index (χ0) is 14.1. The molecule has 1 aliphatic rings. The lowest BCUT2D eigenvalue weighted by atomic mass is 10.0. The third-order valence-corrected chi connectivity index (χ3v) is 3.85. The van der Waals surface area contributed by atoms with Gasteiger partial charge < -0.3 is 14.9 Å². The standard InChI is InChI=1S/C16H18N2O2/c1-17-8-9-18(16(17)20)11-15(19)14-7-6-12-4-2-3-5-13(12)10-14/h2-7,10,15,19H,8-9,11H2,1H3. The molecule has 104 valence electrons. The molecule has 0 spiro atoms. The number of likely N-dealkylation sites (N-methyl/N-ethyl adjacent to an activating group) is 1. The highest BCUT2D eigenvalue weighted by atomic mass is 16.3. The van der Waals surface area contributed by atoms with Crippen LogP contribution in [0.25, 0.3) is 10.8 Å². The van der Waals surface area contributed by atoms with Crippen LogP contribution in [-0.2, 0) is 0 Å². The molecule has 0 saturated carbocycles. The summed E-state index contributed by atoms with van der Waals surface area (Å²) in [5.74, 6) is 0. The number of amides is 2. The van der Waals surface area contributed by atoms with Crippen molar-refractivity contribution in [1.82, 2.24) is 9.80 Å². The van der Waals surface area contributed by atoms with Crippen LogP contribution in [0.4, 0.5) is 4.79 Å². The van der Waals surface area contributed by atoms with Gasteiger partial charge in [0.1, 0.15) is 0 Å². The molecule has 4 nitrogen and oxygen atoms in total. The molecule has 0 aliphatic carbocycles. The Kier molecular flexibility index (Phi) is 3.32. The van der Waals surface area contributed by atoms with E-state index in [9.17, 15) is 9.90 Å². The molecular weight excluding hydrogens is 252 g/mol. The predicted molar refractivity (Wildman–Crippen MR) is 78.5 cm³/mol. The third-order valence-electron chi connectivity index (χ3n) is 3.85. The van der Waals surface area contributed by atoms with Crippen molar-refractivity contribution >= 4 is 16.8 Å². The summed E-state index contributed by atoms with van der Waals surface area (Å²) in [4.78, 5) is 15.2. The molecule has 1 atom stereocenters. The molecule has 2 aromatic rings. The number of fused-ring (bicyclic) bond motifs is 1. The van der Waals surface area contributed by atoms with Gasteiger partial charge in [-0.15, -0.1) is 0 Å². The summed E-state index contributed by atoms with van der Waals surface area (Å²) in [6, 6.07) is 14.0. The molecule has 1 fully saturated rings. The lowest BCUT2D eigenvalue weighted by Crippen LogP contribution is -2.32. The first-order chi connectivity index (χ1) is 9.65. The topological polar surface area (TPSA) is 43.8 Å². The Labute approximate surface area is 118 Å². The van der Waals surface area contributed by atoms with E-state index in [4.69, 9.17) is 0 Å². The van der Waals surface area contributed by atoms with Gasteiger partial charge in [-0.3, -0.25) is 0 Å². The van der Waals surface area contributed by atoms with Crippen LogP contribution in [0.1, 0.15) is 11.7 Å². The normalized spacial score (nSPS) is 17.0. The van der Waals surface area contributed by atoms with E-state index in [-0.39, 0.29) is 6.03 Å². The molecule has 0 bridgehead atoms. The van der Waals surface area contributed by atoms with Gasteiger partial charge in [0.2, 0.25) is 0 Å². The van der Waals surface area contributed by atoms with Crippen molar-refractivity contribution < 1.29 is 9.90 Å². The van der Waals surface area contributed by atoms with Gasteiger partial charge in [0.05, 0.1) is 12.6 Å². The van der Waals surface area contributed by atoms with Gasteiger partial charge in [0.25, 0.3) is 0 Å². The summed E-state index contributed by atoms with van der Waals surface area (Å²) in [5, 5.41) is 12.6. The number of benzene rings is 2. The first-order valence-corrected chi connectivity index (χ1v) is 6.82. The van der Waals surface area contributed by atoms with Crippen LogP contribution < -0.4 is 0 Å². The third kappa shape index (κ3) is 2.34. The van der Waals surface area contributed by atoms with Gasteiger partial charge in [-0.1, -0.05) is 36.4 Å². The second-order valence-electron chi connectivity index (χ2n) is 5.27. The monoisotopic (exact) mass is 270 g/mol. The summed E-state index contributed by atoms with van der Waals surface area (Å²) < 4.78 is 0. The smallest absolute Gasteiger partial charge is 0.319 e. The van der Waals surface area contributed by atoms with Crippen molar-refractivity contribution in [3.05, 3.63) is 48.0 Å². The van der Waals surface area contributed by atoms with E-state index in [2.05, 4.69) is 0 Å². The Bertz CT molecular complexity index is 641. The van der Waals surface area contributed by atoms with Crippen LogP contribution >= 0.6 is 0 Å². The van der Waals surface area contributed by atoms with Gasteiger partial charge in [0.15, 0.2) is 0 Å². The van der Waals surface area contributed by atoms with E-state index in [1.54, 1.807) is 16.8 Å². The second-order valence-corrected chi connectivity index (χ2v) is 5.27. The number of aliphatic hydroxyl groups is 1. The van der Waals surface area contributed by atoms with E-state index in [1.807, 2.05) is 42.5 Å². The number of hydrogen-bond donors (Lipinski definition) is 1. The van der Waals surface area contributed by atoms with E-state index >= 15 is 0 Å². The van der Waals surface area contributed by atoms with Crippen molar-refractivity contribution in [3.63, 3.8) is 0 Å². The van der Waals surface area contributed by atoms with Crippen LogP contribution in [0.3, 0.4) is 0 Å². The SMILES string of the molecule is CN1CCN(CC(O)c2ccc3ccccc3c2)C1=O. The average Bonchev–Trinajstić information content (AvgIpc) is 2.78. The minimum atomic E-state index is -0.643. The summed E-state index contributed by atoms with van der Waals surface area (Å²) >= 11 is 0. The Hall–Kier alpha value is -2.07. The van der Waals surface area contributed by atoms with Crippen molar-refractivity contribution in [2.75, 3.05) is 26.7 Å². The second kappa shape index (κ2) is 5.13. The molecule has 0 radical (unpaired) electrons. The molecule has 0 aromatic heterocycles. The summed E-state index contributed by atoms with van der Waals surface area (Å²) in [7, 11) is 1.78. The highest BCUT2D eigenvalue weighted by molar-refractivity contribution is 5.83. The van der Waals surface area contributed by atoms with E-state index in [0.29, 0.717) is 13.1 Å². The quantitative estimate of drug-likeness (QED) is 0.929. The maximum absolute atomic E-state index is 11.8. The molecule has 3 rings (SSSR count). The van der Waals surface area contributed by atoms with Gasteiger partial charge in [-0.25, -0.2) is 4.79 Å². The van der Waals surface area contributed by atoms with Gasteiger partial charge >= 0.3 is 6.03 Å². The van der Waals surface area contributed by atoms with E-state index < -0.39 is 6.10 Å². The molecule has 1 saturated heterocycles. The number of β-amino-alcohol motifs (C(OH)–C–C–N with tert-alkyl or cyclic N) is 1. The fourth-order valence-electron chi connectivity index (χ4n) is 2.60. The van der Waals surface area contributed by atoms with Crippen LogP contribution in [-0.4, -0.2) is 47.6 Å². The van der Waals surface area contributed by atoms with Crippen molar-refractivity contribution in [2.45, 2.75) is 6.10 Å². The Morgan fingerprint density at radius 3 is 2.60 bits per heavy atom. The zero-order valence-electron chi connectivity index (χ0n) is 11.5. The number of urea groups is 1. The predicted octanol–water partition coefficient (Wildman–Crippen LogP) is 2.24. The molecule has 4 heteroatoms. The average molecular weight is 270 g/mol. The van der Waals surface area contributed by atoms with E-state index in [0.717, 1.165) is 22.9 Å². The van der Waals surface area contributed by atoms with Crippen LogP contribution in [0, 0.1) is 0 Å². The van der Waals surface area contributed by atoms with Crippen molar-refractivity contribution in [2.24, 2.45) is 0 Å². The molecule has 1 aliphatic heterocycles. The highest BCUT2D eigenvalue weighted by Crippen LogP contribution is 2.22. The number of aliphatic hydroxyl groups excluding tert-OH is 1. The fourth-order valence-corrected chi connectivity index (χ4v) is 2.60. The number of carbonyl (C=O) groups is 1. The molecular formula is C16H18N2O2. The maximum Gasteiger partial charge on any atom is 0.319 e. The Morgan fingerprint density at radius 2 is 1.90 bits per heavy atom. The van der Waals surface area contributed by atoms with Crippen molar-refractivity contribution in [1.29, 1.82) is 0 Å². The largest absolute Gasteiger partial charge is 0.387 e. The lowest BCUT2D eigenvalue weighted by Gasteiger charge is -2.20. The number of carbonyl (C=O) groups excluding carboxylic acids is 1. The minimum absolute atomic E-state index is 0.00941. The molecule has 2 aromatic carbocycles. The lowest BCUT2D eigenvalue weighted by molar-refractivity contribution is 0.129. The van der Waals surface area contributed by atoms with Gasteiger partial charge in [0, 0.05) is 20.1 Å². The first kappa shape index (κ1) is 12.9. The molecule has 20 heavy (non-hydrogen) atoms. The van der Waals surface area contributed by atoms with Gasteiger partial charge in [-0.05, 0) is 22.4 Å². The van der Waals surface area contributed by atoms with Crippen LogP contribution in [0.5, 0.6) is 0 Å². The Balaban J connectivity index is 1.78. The van der Waals surface area contributed by atoms with Crippen LogP contribution in [0.15, 0.2) is 42.5 Å². The number of hydrogen-bond acceptors (Lipinski definition) is 2. The zero-order valence-corrected chi connectivity index (χ0v) is 11.5. The highest BCUT2D eigenvalue weighted by Gasteiger charge is 2.27. The minimum Gasteiger partial charge on any atom is -0.387 e. The molecule has 1 unspecified atom stereocenters. The Morgan fingerprint density at radius 1 is 1.15 bits per heavy atom. The maximum atomic E-state index is 11.8. The van der Waals surface area contributed by atoms with Crippen molar-refractivity contribution in [3.8, 4) is 0 Å².